The maximum Gasteiger partial charge on any atom is 0.466 e. The Labute approximate surface area is 142 Å². The largest absolute Gasteiger partial charge is 0.466 e. The fraction of sp³-hybridized carbons (Fsp3) is 1.00. The van der Waals surface area contributed by atoms with E-state index < -0.39 is 15.6 Å². The predicted octanol–water partition coefficient (Wildman–Crippen LogP) is -0.636. The summed E-state index contributed by atoms with van der Waals surface area (Å²) in [5, 5.41) is 3.50. The van der Waals surface area contributed by atoms with Crippen molar-refractivity contribution in [1.82, 2.24) is 5.32 Å². The monoisotopic (exact) mass is 397 g/mol. The first kappa shape index (κ1) is 28.9. The smallest absolute Gasteiger partial charge is 0.330 e. The Morgan fingerprint density at radius 3 is 1.46 bits per heavy atom. The Hall–Kier alpha value is 0.1000. The van der Waals surface area contributed by atoms with Crippen LogP contribution in [0.1, 0.15) is 47.0 Å². The van der Waals surface area contributed by atoms with Crippen molar-refractivity contribution in [3.8, 4) is 0 Å². The van der Waals surface area contributed by atoms with Crippen LogP contribution < -0.4 is 16.8 Å². The lowest BCUT2D eigenvalue weighted by Gasteiger charge is -2.30. The summed E-state index contributed by atoms with van der Waals surface area (Å²) >= 11 is 0. The van der Waals surface area contributed by atoms with Crippen LogP contribution in [-0.4, -0.2) is 53.5 Å². The average Bonchev–Trinajstić information content (AvgIpc) is 2.21. The molecule has 0 radical (unpaired) electrons. The number of nitrogens with one attached hydrogen (secondary N) is 1. The second-order valence-corrected chi connectivity index (χ2v) is 8.52. The van der Waals surface area contributed by atoms with E-state index in [0.717, 1.165) is 32.4 Å². The Balaban J connectivity index is -0.000000361. The van der Waals surface area contributed by atoms with Crippen molar-refractivity contribution in [2.75, 3.05) is 13.1 Å². The number of phosphoric acid groups is 2. The van der Waals surface area contributed by atoms with Crippen LogP contribution in [0.5, 0.6) is 0 Å². The van der Waals surface area contributed by atoms with Gasteiger partial charge in [-0.25, -0.2) is 9.13 Å². The molecule has 0 fully saturated rings. The van der Waals surface area contributed by atoms with Crippen LogP contribution in [-0.2, 0) is 9.13 Å². The third kappa shape index (κ3) is 57.3. The molecule has 0 aliphatic rings. The summed E-state index contributed by atoms with van der Waals surface area (Å²) in [5.41, 5.74) is 11.5. The minimum Gasteiger partial charge on any atom is -0.330 e. The molecule has 0 aliphatic carbocycles. The zero-order valence-electron chi connectivity index (χ0n) is 14.6. The lowest BCUT2D eigenvalue weighted by molar-refractivity contribution is 0.272. The molecule has 11 nitrogen and oxygen atoms in total. The summed E-state index contributed by atoms with van der Waals surface area (Å²) in [4.78, 5) is 43.1. The first-order chi connectivity index (χ1) is 10.3. The highest BCUT2D eigenvalue weighted by Gasteiger charge is 2.20. The normalized spacial score (nSPS) is 12.7. The van der Waals surface area contributed by atoms with Gasteiger partial charge in [-0.05, 0) is 60.0 Å². The van der Waals surface area contributed by atoms with Crippen LogP contribution in [0.2, 0.25) is 0 Å². The summed E-state index contributed by atoms with van der Waals surface area (Å²) in [5.74, 6) is 0. The minimum absolute atomic E-state index is 0.0627. The molecule has 24 heavy (non-hydrogen) atoms. The van der Waals surface area contributed by atoms with E-state index in [0.29, 0.717) is 0 Å². The maximum absolute atomic E-state index is 8.88. The zero-order chi connectivity index (χ0) is 20.2. The van der Waals surface area contributed by atoms with Gasteiger partial charge in [0.05, 0.1) is 0 Å². The van der Waals surface area contributed by atoms with Gasteiger partial charge in [0.15, 0.2) is 0 Å². The Morgan fingerprint density at radius 2 is 1.21 bits per heavy atom. The van der Waals surface area contributed by atoms with Crippen molar-refractivity contribution in [2.45, 2.75) is 58.0 Å². The lowest BCUT2D eigenvalue weighted by atomic mass is 9.90. The van der Waals surface area contributed by atoms with Gasteiger partial charge < -0.3 is 46.1 Å². The second kappa shape index (κ2) is 12.5. The Kier molecular flexibility index (Phi) is 15.0. The van der Waals surface area contributed by atoms with E-state index in [2.05, 4.69) is 33.0 Å². The number of hydrogen-bond donors (Lipinski definition) is 9. The van der Waals surface area contributed by atoms with E-state index in [9.17, 15) is 0 Å². The van der Waals surface area contributed by atoms with Crippen LogP contribution in [0.4, 0.5) is 0 Å². The Morgan fingerprint density at radius 1 is 0.875 bits per heavy atom. The molecule has 0 bridgehead atoms. The summed E-state index contributed by atoms with van der Waals surface area (Å²) < 4.78 is 17.8. The molecule has 11 N–H and O–H groups in total. The summed E-state index contributed by atoms with van der Waals surface area (Å²) in [6.07, 6.45) is 3.17. The second-order valence-electron chi connectivity index (χ2n) is 6.47. The topological polar surface area (TPSA) is 220 Å². The van der Waals surface area contributed by atoms with Gasteiger partial charge in [0.25, 0.3) is 0 Å². The van der Waals surface area contributed by atoms with Crippen LogP contribution in [0.25, 0.3) is 0 Å². The molecule has 0 spiro atoms. The summed E-state index contributed by atoms with van der Waals surface area (Å²) in [6, 6.07) is 0. The molecule has 0 rings (SSSR count). The van der Waals surface area contributed by atoms with E-state index in [1.807, 2.05) is 0 Å². The molecular weight excluding hydrogens is 364 g/mol. The average molecular weight is 397 g/mol. The molecule has 0 amide bonds. The van der Waals surface area contributed by atoms with Gasteiger partial charge in [-0.2, -0.15) is 0 Å². The van der Waals surface area contributed by atoms with Gasteiger partial charge in [-0.3, -0.25) is 0 Å². The number of hydrogen-bond acceptors (Lipinski definition) is 5. The molecule has 0 saturated carbocycles. The van der Waals surface area contributed by atoms with Crippen LogP contribution in [0.3, 0.4) is 0 Å². The molecular formula is C11H33N3O8P2. The van der Waals surface area contributed by atoms with Crippen molar-refractivity contribution in [3.05, 3.63) is 0 Å². The van der Waals surface area contributed by atoms with Crippen molar-refractivity contribution >= 4 is 15.6 Å². The first-order valence-electron chi connectivity index (χ1n) is 7.07. The SMILES string of the molecule is CC(C)(N)CCC(C)(C)NCCCN.O=P(O)(O)O.O=P(O)(O)O. The highest BCUT2D eigenvalue weighted by molar-refractivity contribution is 7.45. The molecule has 0 aromatic heterocycles. The molecule has 0 unspecified atom stereocenters. The van der Waals surface area contributed by atoms with E-state index in [4.69, 9.17) is 50.0 Å². The number of nitrogens with two attached hydrogens (primary N) is 2. The highest BCUT2D eigenvalue weighted by atomic mass is 31.2. The molecule has 150 valence electrons. The minimum atomic E-state index is -4.64. The van der Waals surface area contributed by atoms with Gasteiger partial charge in [0, 0.05) is 11.1 Å². The fourth-order valence-corrected chi connectivity index (χ4v) is 1.25. The molecule has 0 aromatic rings. The van der Waals surface area contributed by atoms with Crippen molar-refractivity contribution in [1.29, 1.82) is 0 Å². The third-order valence-corrected chi connectivity index (χ3v) is 2.38. The Bertz CT molecular complexity index is 366. The maximum atomic E-state index is 8.88. The van der Waals surface area contributed by atoms with Gasteiger partial charge in [0.2, 0.25) is 0 Å². The van der Waals surface area contributed by atoms with Crippen molar-refractivity contribution < 1.29 is 38.5 Å². The van der Waals surface area contributed by atoms with Crippen LogP contribution >= 0.6 is 15.6 Å². The predicted molar refractivity (Wildman–Crippen MR) is 91.8 cm³/mol. The first-order valence-corrected chi connectivity index (χ1v) is 10.2. The van der Waals surface area contributed by atoms with E-state index >= 15 is 0 Å². The third-order valence-electron chi connectivity index (χ3n) is 2.38. The molecule has 0 aromatic carbocycles. The lowest BCUT2D eigenvalue weighted by Crippen LogP contribution is -2.43. The van der Waals surface area contributed by atoms with Crippen LogP contribution in [0, 0.1) is 0 Å². The molecule has 0 aliphatic heterocycles. The summed E-state index contributed by atoms with van der Waals surface area (Å²) in [7, 11) is -9.28. The van der Waals surface area contributed by atoms with E-state index in [1.165, 1.54) is 0 Å². The van der Waals surface area contributed by atoms with Crippen LogP contribution in [0.15, 0.2) is 0 Å². The molecule has 0 saturated heterocycles. The fourth-order valence-electron chi connectivity index (χ4n) is 1.25. The van der Waals surface area contributed by atoms with Crippen molar-refractivity contribution in [3.63, 3.8) is 0 Å². The quantitative estimate of drug-likeness (QED) is 0.194. The van der Waals surface area contributed by atoms with Gasteiger partial charge >= 0.3 is 15.6 Å². The highest BCUT2D eigenvalue weighted by Crippen LogP contribution is 2.26. The van der Waals surface area contributed by atoms with Gasteiger partial charge in [-0.1, -0.05) is 0 Å². The van der Waals surface area contributed by atoms with E-state index in [-0.39, 0.29) is 11.1 Å². The molecule has 13 heteroatoms. The van der Waals surface area contributed by atoms with E-state index in [1.54, 1.807) is 0 Å². The summed E-state index contributed by atoms with van der Waals surface area (Å²) in [6.45, 7) is 10.3. The zero-order valence-corrected chi connectivity index (χ0v) is 16.4. The van der Waals surface area contributed by atoms with Gasteiger partial charge in [0.1, 0.15) is 0 Å². The van der Waals surface area contributed by atoms with Gasteiger partial charge in [-0.15, -0.1) is 0 Å². The van der Waals surface area contributed by atoms with Crippen molar-refractivity contribution in [2.24, 2.45) is 11.5 Å². The molecule has 0 heterocycles. The number of rotatable bonds is 7. The molecule has 0 atom stereocenters. The standard InChI is InChI=1S/C11H27N3.2H3O4P/c1-10(2,13)6-7-11(3,4)14-9-5-8-12;2*1-5(2,3)4/h14H,5-9,12-13H2,1-4H3;2*(H3,1,2,3,4).